The molecule has 2 aliphatic rings. The van der Waals surface area contributed by atoms with Crippen molar-refractivity contribution < 1.29 is 24.2 Å². The van der Waals surface area contributed by atoms with E-state index in [0.717, 1.165) is 53.1 Å². The van der Waals surface area contributed by atoms with E-state index in [2.05, 4.69) is 10.1 Å². The highest BCUT2D eigenvalue weighted by molar-refractivity contribution is 7.16. The zero-order chi connectivity index (χ0) is 22.2. The smallest absolute Gasteiger partial charge is 0.346 e. The normalized spacial score (nSPS) is 14.9. The number of carbonyl (C=O) groups is 2. The Balaban J connectivity index is 1.43. The van der Waals surface area contributed by atoms with Crippen molar-refractivity contribution in [3.63, 3.8) is 0 Å². The molecule has 0 bridgehead atoms. The summed E-state index contributed by atoms with van der Waals surface area (Å²) in [6, 6.07) is 3.47. The largest absolute Gasteiger partial charge is 0.477 e. The molecular formula is C22H22N4O5S. The first-order chi connectivity index (χ1) is 15.5. The summed E-state index contributed by atoms with van der Waals surface area (Å²) in [5, 5.41) is 14.6. The van der Waals surface area contributed by atoms with E-state index < -0.39 is 5.97 Å². The Morgan fingerprint density at radius 2 is 2.19 bits per heavy atom. The van der Waals surface area contributed by atoms with Gasteiger partial charge in [0, 0.05) is 26.2 Å². The number of fused-ring (bicyclic) bond motifs is 3. The van der Waals surface area contributed by atoms with Gasteiger partial charge in [-0.2, -0.15) is 5.10 Å². The van der Waals surface area contributed by atoms with Gasteiger partial charge in [-0.25, -0.2) is 9.78 Å². The number of pyridine rings is 1. The first-order valence-corrected chi connectivity index (χ1v) is 11.3. The number of aromatic nitrogens is 3. The molecule has 1 saturated heterocycles. The average molecular weight is 455 g/mol. The van der Waals surface area contributed by atoms with Gasteiger partial charge in [-0.1, -0.05) is 11.3 Å². The monoisotopic (exact) mass is 454 g/mol. The van der Waals surface area contributed by atoms with Crippen LogP contribution in [0.1, 0.15) is 33.6 Å². The molecule has 3 aromatic heterocycles. The van der Waals surface area contributed by atoms with Crippen molar-refractivity contribution >= 4 is 23.2 Å². The second-order valence-electron chi connectivity index (χ2n) is 7.76. The zero-order valence-corrected chi connectivity index (χ0v) is 18.4. The van der Waals surface area contributed by atoms with E-state index in [4.69, 9.17) is 9.47 Å². The predicted octanol–water partition coefficient (Wildman–Crippen LogP) is 3.13. The van der Waals surface area contributed by atoms with Crippen molar-refractivity contribution in [1.82, 2.24) is 19.7 Å². The highest BCUT2D eigenvalue weighted by Gasteiger charge is 2.32. The van der Waals surface area contributed by atoms with E-state index in [-0.39, 0.29) is 10.8 Å². The number of hydrogen-bond donors (Lipinski definition) is 1. The van der Waals surface area contributed by atoms with Gasteiger partial charge < -0.3 is 19.5 Å². The van der Waals surface area contributed by atoms with Gasteiger partial charge in [0.15, 0.2) is 10.8 Å². The van der Waals surface area contributed by atoms with Crippen LogP contribution in [-0.4, -0.2) is 56.3 Å². The van der Waals surface area contributed by atoms with Gasteiger partial charge in [-0.05, 0) is 42.5 Å². The highest BCUT2D eigenvalue weighted by atomic mass is 32.1. The summed E-state index contributed by atoms with van der Waals surface area (Å²) >= 11 is 1.11. The van der Waals surface area contributed by atoms with Crippen LogP contribution in [0.4, 0.5) is 0 Å². The van der Waals surface area contributed by atoms with Crippen LogP contribution in [0.15, 0.2) is 24.5 Å². The number of nitrogens with zero attached hydrogens (tertiary/aromatic N) is 4. The summed E-state index contributed by atoms with van der Waals surface area (Å²) in [5.41, 5.74) is 3.49. The molecule has 1 N–H and O–H groups in total. The molecule has 166 valence electrons. The Bertz CT molecular complexity index is 1200. The molecule has 5 rings (SSSR count). The lowest BCUT2D eigenvalue weighted by Gasteiger charge is -2.17. The average Bonchev–Trinajstić information content (AvgIpc) is 3.47. The molecule has 0 aromatic carbocycles. The van der Waals surface area contributed by atoms with Crippen LogP contribution in [0.2, 0.25) is 0 Å². The lowest BCUT2D eigenvalue weighted by Crippen LogP contribution is -2.29. The molecule has 0 unspecified atom stereocenters. The van der Waals surface area contributed by atoms with Crippen LogP contribution in [-0.2, 0) is 24.7 Å². The Hall–Kier alpha value is -3.40. The molecule has 10 heteroatoms. The lowest BCUT2D eigenvalue weighted by atomic mass is 9.92. The second-order valence-corrected chi connectivity index (χ2v) is 8.74. The van der Waals surface area contributed by atoms with E-state index >= 15 is 0 Å². The van der Waals surface area contributed by atoms with E-state index in [1.807, 2.05) is 13.2 Å². The van der Waals surface area contributed by atoms with Crippen LogP contribution >= 0.6 is 11.3 Å². The summed E-state index contributed by atoms with van der Waals surface area (Å²) in [6.07, 6.45) is 6.25. The molecule has 9 nitrogen and oxygen atoms in total. The number of thiophene rings is 1. The third-order valence-electron chi connectivity index (χ3n) is 5.77. The Labute approximate surface area is 188 Å². The van der Waals surface area contributed by atoms with E-state index in [9.17, 15) is 14.7 Å². The molecular weight excluding hydrogens is 432 g/mol. The van der Waals surface area contributed by atoms with Crippen LogP contribution in [0.3, 0.4) is 0 Å². The second kappa shape index (κ2) is 8.27. The number of aromatic carboxylic acids is 1. The molecule has 32 heavy (non-hydrogen) atoms. The van der Waals surface area contributed by atoms with Crippen LogP contribution < -0.4 is 9.47 Å². The third-order valence-corrected chi connectivity index (χ3v) is 6.87. The van der Waals surface area contributed by atoms with Crippen molar-refractivity contribution in [1.29, 1.82) is 0 Å². The molecule has 1 fully saturated rings. The number of carboxylic acids is 1. The third kappa shape index (κ3) is 3.60. The quantitative estimate of drug-likeness (QED) is 0.584. The van der Waals surface area contributed by atoms with Gasteiger partial charge in [0.2, 0.25) is 5.91 Å². The number of carbonyl (C=O) groups excluding carboxylic acids is 1. The molecule has 1 aliphatic carbocycles. The van der Waals surface area contributed by atoms with Gasteiger partial charge >= 0.3 is 5.97 Å². The van der Waals surface area contributed by atoms with Crippen molar-refractivity contribution in [3.05, 3.63) is 40.5 Å². The summed E-state index contributed by atoms with van der Waals surface area (Å²) in [5.74, 6) is -0.121. The molecule has 1 amide bonds. The number of aryl methyl sites for hydroxylation is 2. The number of hydrogen-bond acceptors (Lipinski definition) is 7. The zero-order valence-electron chi connectivity index (χ0n) is 17.5. The number of likely N-dealkylation sites (tertiary alicyclic amines) is 1. The van der Waals surface area contributed by atoms with Crippen LogP contribution in [0, 0.1) is 0 Å². The van der Waals surface area contributed by atoms with Gasteiger partial charge in [-0.3, -0.25) is 9.48 Å². The fourth-order valence-electron chi connectivity index (χ4n) is 4.27. The van der Waals surface area contributed by atoms with Gasteiger partial charge in [0.05, 0.1) is 24.0 Å². The summed E-state index contributed by atoms with van der Waals surface area (Å²) in [7, 11) is 1.84. The summed E-state index contributed by atoms with van der Waals surface area (Å²) in [4.78, 5) is 30.0. The first kappa shape index (κ1) is 20.5. The van der Waals surface area contributed by atoms with Crippen molar-refractivity contribution in [2.45, 2.75) is 25.7 Å². The maximum absolute atomic E-state index is 11.9. The number of amides is 1. The molecule has 4 heterocycles. The predicted molar refractivity (Wildman–Crippen MR) is 117 cm³/mol. The fourth-order valence-corrected chi connectivity index (χ4v) is 5.32. The van der Waals surface area contributed by atoms with Crippen molar-refractivity contribution in [3.8, 4) is 28.0 Å². The van der Waals surface area contributed by atoms with E-state index in [0.29, 0.717) is 42.7 Å². The van der Waals surface area contributed by atoms with Crippen LogP contribution in [0.5, 0.6) is 16.7 Å². The van der Waals surface area contributed by atoms with Crippen LogP contribution in [0.25, 0.3) is 11.3 Å². The minimum Gasteiger partial charge on any atom is -0.477 e. The molecule has 1 aliphatic heterocycles. The van der Waals surface area contributed by atoms with E-state index in [1.54, 1.807) is 27.9 Å². The molecule has 0 saturated carbocycles. The number of rotatable bonds is 7. The Morgan fingerprint density at radius 3 is 2.97 bits per heavy atom. The Kier molecular flexibility index (Phi) is 5.30. The minimum absolute atomic E-state index is 0.143. The van der Waals surface area contributed by atoms with Crippen molar-refractivity contribution in [2.75, 3.05) is 19.7 Å². The molecule has 0 atom stereocenters. The Morgan fingerprint density at radius 1 is 1.31 bits per heavy atom. The van der Waals surface area contributed by atoms with Gasteiger partial charge in [0.25, 0.3) is 5.88 Å². The van der Waals surface area contributed by atoms with Gasteiger partial charge in [0.1, 0.15) is 11.5 Å². The summed E-state index contributed by atoms with van der Waals surface area (Å²) < 4.78 is 13.8. The van der Waals surface area contributed by atoms with E-state index in [1.165, 1.54) is 0 Å². The maximum Gasteiger partial charge on any atom is 0.346 e. The number of ether oxygens (including phenoxy) is 2. The maximum atomic E-state index is 11.9. The van der Waals surface area contributed by atoms with Gasteiger partial charge in [-0.15, -0.1) is 0 Å². The minimum atomic E-state index is -0.968. The standard InChI is InChI=1S/C22H22N4O5S/c1-25-18-13(12-24-25)6-7-14-17(18)22(32-19(14)21(28)29)31-15-4-2-8-23-20(15)30-11-10-26-9-3-5-16(26)27/h2,4,8,12H,3,5-7,9-11H2,1H3,(H,28,29). The summed E-state index contributed by atoms with van der Waals surface area (Å²) in [6.45, 7) is 1.54. The topological polar surface area (TPSA) is 107 Å². The fraction of sp³-hybridized carbons (Fsp3) is 0.364. The molecule has 3 aromatic rings. The highest BCUT2D eigenvalue weighted by Crippen LogP contribution is 2.49. The first-order valence-electron chi connectivity index (χ1n) is 10.5. The number of carboxylic acid groups (broad SMARTS) is 1. The lowest BCUT2D eigenvalue weighted by molar-refractivity contribution is -0.128. The van der Waals surface area contributed by atoms with Crippen molar-refractivity contribution in [2.24, 2.45) is 7.05 Å². The molecule has 0 radical (unpaired) electrons. The molecule has 0 spiro atoms. The SMILES string of the molecule is Cn1ncc2c1-c1c(Oc3cccnc3OCCN3CCCC3=O)sc(C(=O)O)c1CC2.